The van der Waals surface area contributed by atoms with Gasteiger partial charge in [0.05, 0.1) is 12.2 Å². The molecular weight excluding hydrogens is 302 g/mol. The molecule has 1 N–H and O–H groups in total. The first-order valence-corrected chi connectivity index (χ1v) is 8.13. The molecular formula is C19H23N3O2. The molecule has 1 aromatic carbocycles. The molecule has 0 saturated heterocycles. The Morgan fingerprint density at radius 1 is 1.12 bits per heavy atom. The molecule has 2 amide bonds. The molecule has 0 unspecified atom stereocenters. The zero-order valence-electron chi connectivity index (χ0n) is 14.2. The maximum atomic E-state index is 12.0. The molecule has 2 aromatic rings. The molecule has 0 radical (unpaired) electrons. The van der Waals surface area contributed by atoms with Crippen LogP contribution in [0, 0.1) is 0 Å². The smallest absolute Gasteiger partial charge is 0.223 e. The first kappa shape index (κ1) is 17.7. The fraction of sp³-hybridized carbons (Fsp3) is 0.316. The number of benzene rings is 1. The Labute approximate surface area is 142 Å². The van der Waals surface area contributed by atoms with Crippen LogP contribution in [0.2, 0.25) is 0 Å². The van der Waals surface area contributed by atoms with Crippen LogP contribution in [0.3, 0.4) is 0 Å². The Kier molecular flexibility index (Phi) is 6.49. The molecule has 1 aromatic heterocycles. The number of aromatic nitrogens is 1. The van der Waals surface area contributed by atoms with E-state index in [0.29, 0.717) is 13.1 Å². The summed E-state index contributed by atoms with van der Waals surface area (Å²) in [5, 5.41) is 2.82. The van der Waals surface area contributed by atoms with Crippen LogP contribution >= 0.6 is 0 Å². The molecule has 2 rings (SSSR count). The van der Waals surface area contributed by atoms with E-state index < -0.39 is 0 Å². The fourth-order valence-corrected chi connectivity index (χ4v) is 2.37. The van der Waals surface area contributed by atoms with Crippen molar-refractivity contribution in [2.24, 2.45) is 0 Å². The number of amides is 2. The van der Waals surface area contributed by atoms with Crippen LogP contribution in [0.15, 0.2) is 48.7 Å². The first-order valence-electron chi connectivity index (χ1n) is 8.13. The van der Waals surface area contributed by atoms with Gasteiger partial charge in [-0.25, -0.2) is 0 Å². The highest BCUT2D eigenvalue weighted by atomic mass is 16.2. The van der Waals surface area contributed by atoms with Crippen LogP contribution in [-0.2, 0) is 22.6 Å². The third-order valence-corrected chi connectivity index (χ3v) is 3.79. The summed E-state index contributed by atoms with van der Waals surface area (Å²) < 4.78 is 0. The summed E-state index contributed by atoms with van der Waals surface area (Å²) in [7, 11) is 0. The lowest BCUT2D eigenvalue weighted by molar-refractivity contribution is -0.121. The van der Waals surface area contributed by atoms with Crippen molar-refractivity contribution in [2.75, 3.05) is 11.4 Å². The Bertz CT molecular complexity index is 669. The van der Waals surface area contributed by atoms with Crippen molar-refractivity contribution in [3.05, 3.63) is 59.9 Å². The number of pyridine rings is 1. The Hall–Kier alpha value is -2.69. The van der Waals surface area contributed by atoms with Gasteiger partial charge in [0.2, 0.25) is 11.8 Å². The maximum absolute atomic E-state index is 12.0. The van der Waals surface area contributed by atoms with Gasteiger partial charge in [-0.1, -0.05) is 25.1 Å². The summed E-state index contributed by atoms with van der Waals surface area (Å²) in [6.07, 6.45) is 2.90. The van der Waals surface area contributed by atoms with Crippen molar-refractivity contribution < 1.29 is 9.59 Å². The van der Waals surface area contributed by atoms with E-state index in [1.165, 1.54) is 12.5 Å². The number of aryl methyl sites for hydroxylation is 1. The Morgan fingerprint density at radius 2 is 1.88 bits per heavy atom. The molecule has 0 aliphatic rings. The van der Waals surface area contributed by atoms with Gasteiger partial charge in [-0.15, -0.1) is 0 Å². The van der Waals surface area contributed by atoms with E-state index in [2.05, 4.69) is 17.2 Å². The van der Waals surface area contributed by atoms with Gasteiger partial charge in [0.1, 0.15) is 0 Å². The van der Waals surface area contributed by atoms with Gasteiger partial charge in [0.15, 0.2) is 0 Å². The number of carbonyl (C=O) groups is 2. The summed E-state index contributed by atoms with van der Waals surface area (Å²) >= 11 is 0. The number of nitrogens with zero attached hydrogens (tertiary/aromatic N) is 2. The number of hydrogen-bond acceptors (Lipinski definition) is 3. The number of nitrogens with one attached hydrogen (secondary N) is 1. The molecule has 0 fully saturated rings. The molecule has 0 aliphatic carbocycles. The largest absolute Gasteiger partial charge is 0.350 e. The third-order valence-electron chi connectivity index (χ3n) is 3.79. The quantitative estimate of drug-likeness (QED) is 0.851. The van der Waals surface area contributed by atoms with Gasteiger partial charge in [-0.2, -0.15) is 0 Å². The monoisotopic (exact) mass is 325 g/mol. The van der Waals surface area contributed by atoms with Gasteiger partial charge >= 0.3 is 0 Å². The highest BCUT2D eigenvalue weighted by Crippen LogP contribution is 2.16. The predicted octanol–water partition coefficient (Wildman–Crippen LogP) is 2.70. The normalized spacial score (nSPS) is 10.2. The average molecular weight is 325 g/mol. The minimum Gasteiger partial charge on any atom is -0.350 e. The lowest BCUT2D eigenvalue weighted by Crippen LogP contribution is -2.33. The van der Waals surface area contributed by atoms with Crippen LogP contribution < -0.4 is 10.2 Å². The van der Waals surface area contributed by atoms with Crippen LogP contribution in [0.25, 0.3) is 0 Å². The highest BCUT2D eigenvalue weighted by Gasteiger charge is 2.13. The van der Waals surface area contributed by atoms with E-state index in [0.717, 1.165) is 17.8 Å². The Balaban J connectivity index is 1.88. The Morgan fingerprint density at radius 3 is 2.46 bits per heavy atom. The second-order valence-electron chi connectivity index (χ2n) is 5.54. The second kappa shape index (κ2) is 8.82. The lowest BCUT2D eigenvalue weighted by Gasteiger charge is -2.21. The molecule has 24 heavy (non-hydrogen) atoms. The third kappa shape index (κ3) is 5.19. The minimum atomic E-state index is -0.0999. The van der Waals surface area contributed by atoms with E-state index >= 15 is 0 Å². The summed E-state index contributed by atoms with van der Waals surface area (Å²) in [6, 6.07) is 13.4. The molecule has 1 heterocycles. The molecule has 5 heteroatoms. The maximum Gasteiger partial charge on any atom is 0.223 e. The average Bonchev–Trinajstić information content (AvgIpc) is 2.61. The number of carbonyl (C=O) groups excluding carboxylic acids is 2. The zero-order chi connectivity index (χ0) is 17.4. The van der Waals surface area contributed by atoms with Crippen molar-refractivity contribution >= 4 is 17.5 Å². The summed E-state index contributed by atoms with van der Waals surface area (Å²) in [4.78, 5) is 29.7. The van der Waals surface area contributed by atoms with E-state index in [4.69, 9.17) is 0 Å². The van der Waals surface area contributed by atoms with Crippen molar-refractivity contribution in [1.82, 2.24) is 10.3 Å². The molecule has 0 bridgehead atoms. The van der Waals surface area contributed by atoms with Gasteiger partial charge < -0.3 is 10.2 Å². The van der Waals surface area contributed by atoms with E-state index in [1.54, 1.807) is 11.1 Å². The van der Waals surface area contributed by atoms with Crippen molar-refractivity contribution in [3.8, 4) is 0 Å². The van der Waals surface area contributed by atoms with E-state index in [-0.39, 0.29) is 18.2 Å². The molecule has 0 atom stereocenters. The lowest BCUT2D eigenvalue weighted by atomic mass is 10.1. The standard InChI is InChI=1S/C19H23N3O2/c1-3-16-7-9-18(10-8-16)22(15(2)23)13-11-19(24)21-14-17-6-4-5-12-20-17/h4-10,12H,3,11,13-14H2,1-2H3,(H,21,24). The van der Waals surface area contributed by atoms with Crippen LogP contribution in [-0.4, -0.2) is 23.3 Å². The van der Waals surface area contributed by atoms with Gasteiger partial charge in [0.25, 0.3) is 0 Å². The van der Waals surface area contributed by atoms with Crippen molar-refractivity contribution in [3.63, 3.8) is 0 Å². The topological polar surface area (TPSA) is 62.3 Å². The van der Waals surface area contributed by atoms with Crippen molar-refractivity contribution in [1.29, 1.82) is 0 Å². The summed E-state index contributed by atoms with van der Waals surface area (Å²) in [5.74, 6) is -0.172. The van der Waals surface area contributed by atoms with Crippen molar-refractivity contribution in [2.45, 2.75) is 33.2 Å². The number of anilines is 1. The summed E-state index contributed by atoms with van der Waals surface area (Å²) in [5.41, 5.74) is 2.84. The molecule has 0 saturated carbocycles. The van der Waals surface area contributed by atoms with Crippen LogP contribution in [0.5, 0.6) is 0 Å². The van der Waals surface area contributed by atoms with Gasteiger partial charge in [-0.3, -0.25) is 14.6 Å². The fourth-order valence-electron chi connectivity index (χ4n) is 2.37. The number of hydrogen-bond donors (Lipinski definition) is 1. The first-order chi connectivity index (χ1) is 11.6. The second-order valence-corrected chi connectivity index (χ2v) is 5.54. The minimum absolute atomic E-state index is 0.0724. The van der Waals surface area contributed by atoms with Gasteiger partial charge in [-0.05, 0) is 36.2 Å². The SMILES string of the molecule is CCc1ccc(N(CCC(=O)NCc2ccccn2)C(C)=O)cc1. The molecule has 0 aliphatic heterocycles. The zero-order valence-corrected chi connectivity index (χ0v) is 14.2. The molecule has 5 nitrogen and oxygen atoms in total. The van der Waals surface area contributed by atoms with Gasteiger partial charge in [0, 0.05) is 31.8 Å². The van der Waals surface area contributed by atoms with Crippen LogP contribution in [0.4, 0.5) is 5.69 Å². The van der Waals surface area contributed by atoms with E-state index in [9.17, 15) is 9.59 Å². The number of rotatable bonds is 7. The highest BCUT2D eigenvalue weighted by molar-refractivity contribution is 5.92. The van der Waals surface area contributed by atoms with Crippen LogP contribution in [0.1, 0.15) is 31.5 Å². The predicted molar refractivity (Wildman–Crippen MR) is 94.5 cm³/mol. The summed E-state index contributed by atoms with van der Waals surface area (Å²) in [6.45, 7) is 4.35. The molecule has 0 spiro atoms. The molecule has 126 valence electrons. The van der Waals surface area contributed by atoms with E-state index in [1.807, 2.05) is 42.5 Å².